The van der Waals surface area contributed by atoms with Crippen LogP contribution in [0.4, 0.5) is 0 Å². The van der Waals surface area contributed by atoms with Gasteiger partial charge in [0.05, 0.1) is 0 Å². The third-order valence-corrected chi connectivity index (χ3v) is 2.79. The number of nitrogens with two attached hydrogens (primary N) is 1. The molecule has 0 heterocycles. The first-order valence-electron chi connectivity index (χ1n) is 4.01. The van der Waals surface area contributed by atoms with E-state index in [-0.39, 0.29) is 0 Å². The maximum Gasteiger partial charge on any atom is 0.0269 e. The summed E-state index contributed by atoms with van der Waals surface area (Å²) in [5, 5.41) is 0. The van der Waals surface area contributed by atoms with Gasteiger partial charge in [-0.15, -0.1) is 0 Å². The third kappa shape index (κ3) is 3.38. The van der Waals surface area contributed by atoms with Gasteiger partial charge in [0.25, 0.3) is 0 Å². The SMILES string of the molecule is NCC(I)CC1=CC=CCC1. The molecule has 1 unspecified atom stereocenters. The summed E-state index contributed by atoms with van der Waals surface area (Å²) < 4.78 is 0.616. The van der Waals surface area contributed by atoms with Crippen LogP contribution >= 0.6 is 22.6 Å². The molecule has 0 aliphatic heterocycles. The van der Waals surface area contributed by atoms with E-state index in [0.717, 1.165) is 6.54 Å². The zero-order valence-corrected chi connectivity index (χ0v) is 8.75. The third-order valence-electron chi connectivity index (χ3n) is 1.84. The minimum Gasteiger partial charge on any atom is -0.329 e. The molecule has 0 spiro atoms. The van der Waals surface area contributed by atoms with E-state index >= 15 is 0 Å². The second-order valence-electron chi connectivity index (χ2n) is 2.83. The first-order valence-corrected chi connectivity index (χ1v) is 5.26. The molecule has 0 aromatic heterocycles. The van der Waals surface area contributed by atoms with E-state index in [9.17, 15) is 0 Å². The second-order valence-corrected chi connectivity index (χ2v) is 4.59. The molecule has 0 bridgehead atoms. The van der Waals surface area contributed by atoms with Crippen LogP contribution in [0.25, 0.3) is 0 Å². The van der Waals surface area contributed by atoms with Gasteiger partial charge in [-0.25, -0.2) is 0 Å². The van der Waals surface area contributed by atoms with Crippen molar-refractivity contribution in [2.24, 2.45) is 5.73 Å². The fourth-order valence-corrected chi connectivity index (χ4v) is 1.76. The topological polar surface area (TPSA) is 26.0 Å². The van der Waals surface area contributed by atoms with Crippen LogP contribution in [0.2, 0.25) is 0 Å². The number of allylic oxidation sites excluding steroid dienone is 4. The maximum atomic E-state index is 5.54. The minimum atomic E-state index is 0.616. The average Bonchev–Trinajstić information content (AvgIpc) is 2.06. The summed E-state index contributed by atoms with van der Waals surface area (Å²) in [6.45, 7) is 0.793. The number of hydrogen-bond donors (Lipinski definition) is 1. The first-order chi connectivity index (χ1) is 5.33. The van der Waals surface area contributed by atoms with Crippen molar-refractivity contribution < 1.29 is 0 Å². The van der Waals surface area contributed by atoms with Gasteiger partial charge in [-0.2, -0.15) is 0 Å². The van der Waals surface area contributed by atoms with Gasteiger partial charge in [0.1, 0.15) is 0 Å². The Morgan fingerprint density at radius 3 is 3.00 bits per heavy atom. The number of rotatable bonds is 3. The van der Waals surface area contributed by atoms with E-state index in [1.165, 1.54) is 19.3 Å². The summed E-state index contributed by atoms with van der Waals surface area (Å²) in [6, 6.07) is 0. The summed E-state index contributed by atoms with van der Waals surface area (Å²) in [4.78, 5) is 0. The lowest BCUT2D eigenvalue weighted by molar-refractivity contribution is 0.810. The molecule has 2 heteroatoms. The monoisotopic (exact) mass is 263 g/mol. The van der Waals surface area contributed by atoms with Crippen molar-refractivity contribution >= 4 is 22.6 Å². The Kier molecular flexibility index (Phi) is 4.15. The molecule has 11 heavy (non-hydrogen) atoms. The fraction of sp³-hybridized carbons (Fsp3) is 0.556. The van der Waals surface area contributed by atoms with Crippen LogP contribution in [0.1, 0.15) is 19.3 Å². The Morgan fingerprint density at radius 2 is 2.45 bits per heavy atom. The summed E-state index contributed by atoms with van der Waals surface area (Å²) in [7, 11) is 0. The molecule has 0 aromatic rings. The van der Waals surface area contributed by atoms with Gasteiger partial charge < -0.3 is 5.73 Å². The molecule has 1 aliphatic carbocycles. The Labute approximate surface area is 81.9 Å². The second kappa shape index (κ2) is 4.93. The van der Waals surface area contributed by atoms with E-state index in [0.29, 0.717) is 3.92 Å². The van der Waals surface area contributed by atoms with Crippen LogP contribution in [-0.4, -0.2) is 10.5 Å². The highest BCUT2D eigenvalue weighted by atomic mass is 127. The number of alkyl halides is 1. The molecule has 1 aliphatic rings. The molecule has 62 valence electrons. The van der Waals surface area contributed by atoms with Crippen LogP contribution in [0, 0.1) is 0 Å². The zero-order chi connectivity index (χ0) is 8.10. The Morgan fingerprint density at radius 1 is 1.64 bits per heavy atom. The molecule has 0 fully saturated rings. The van der Waals surface area contributed by atoms with Crippen molar-refractivity contribution in [3.63, 3.8) is 0 Å². The Hall–Kier alpha value is 0.170. The highest BCUT2D eigenvalue weighted by molar-refractivity contribution is 14.1. The van der Waals surface area contributed by atoms with Gasteiger partial charge in [0.2, 0.25) is 0 Å². The molecule has 1 nitrogen and oxygen atoms in total. The van der Waals surface area contributed by atoms with Gasteiger partial charge in [-0.05, 0) is 19.3 Å². The highest BCUT2D eigenvalue weighted by Crippen LogP contribution is 2.19. The molecule has 2 N–H and O–H groups in total. The predicted octanol–water partition coefficient (Wildman–Crippen LogP) is 2.42. The number of hydrogen-bond acceptors (Lipinski definition) is 1. The van der Waals surface area contributed by atoms with Gasteiger partial charge in [-0.1, -0.05) is 46.4 Å². The van der Waals surface area contributed by atoms with Crippen LogP contribution in [-0.2, 0) is 0 Å². The van der Waals surface area contributed by atoms with Gasteiger partial charge in [0.15, 0.2) is 0 Å². The van der Waals surface area contributed by atoms with Crippen LogP contribution < -0.4 is 5.73 Å². The van der Waals surface area contributed by atoms with Crippen molar-refractivity contribution in [2.45, 2.75) is 23.2 Å². The highest BCUT2D eigenvalue weighted by Gasteiger charge is 2.05. The van der Waals surface area contributed by atoms with Gasteiger partial charge >= 0.3 is 0 Å². The molecule has 0 saturated heterocycles. The van der Waals surface area contributed by atoms with Gasteiger partial charge in [0, 0.05) is 10.5 Å². The van der Waals surface area contributed by atoms with Crippen molar-refractivity contribution in [1.29, 1.82) is 0 Å². The Balaban J connectivity index is 2.35. The normalized spacial score (nSPS) is 19.6. The van der Waals surface area contributed by atoms with Crippen molar-refractivity contribution in [3.8, 4) is 0 Å². The van der Waals surface area contributed by atoms with E-state index in [1.807, 2.05) is 0 Å². The fourth-order valence-electron chi connectivity index (χ4n) is 1.19. The van der Waals surface area contributed by atoms with Crippen LogP contribution in [0.3, 0.4) is 0 Å². The summed E-state index contributed by atoms with van der Waals surface area (Å²) in [5.41, 5.74) is 7.09. The summed E-state index contributed by atoms with van der Waals surface area (Å²) in [5.74, 6) is 0. The van der Waals surface area contributed by atoms with Gasteiger partial charge in [-0.3, -0.25) is 0 Å². The van der Waals surface area contributed by atoms with Crippen molar-refractivity contribution in [2.75, 3.05) is 6.54 Å². The molecule has 0 radical (unpaired) electrons. The zero-order valence-electron chi connectivity index (χ0n) is 6.59. The van der Waals surface area contributed by atoms with E-state index in [1.54, 1.807) is 5.57 Å². The average molecular weight is 263 g/mol. The predicted molar refractivity (Wildman–Crippen MR) is 57.9 cm³/mol. The van der Waals surface area contributed by atoms with E-state index in [4.69, 9.17) is 5.73 Å². The van der Waals surface area contributed by atoms with Crippen LogP contribution in [0.15, 0.2) is 23.8 Å². The molecule has 0 amide bonds. The van der Waals surface area contributed by atoms with E-state index in [2.05, 4.69) is 40.8 Å². The summed E-state index contributed by atoms with van der Waals surface area (Å²) >= 11 is 2.42. The molecule has 1 atom stereocenters. The lowest BCUT2D eigenvalue weighted by atomic mass is 10.0. The number of halogens is 1. The largest absolute Gasteiger partial charge is 0.329 e. The van der Waals surface area contributed by atoms with Crippen molar-refractivity contribution in [1.82, 2.24) is 0 Å². The van der Waals surface area contributed by atoms with Crippen LogP contribution in [0.5, 0.6) is 0 Å². The molecular formula is C9H14IN. The van der Waals surface area contributed by atoms with Crippen molar-refractivity contribution in [3.05, 3.63) is 23.8 Å². The summed E-state index contributed by atoms with van der Waals surface area (Å²) in [6.07, 6.45) is 10.2. The first kappa shape index (κ1) is 9.26. The molecular weight excluding hydrogens is 249 g/mol. The lowest BCUT2D eigenvalue weighted by Crippen LogP contribution is -2.14. The Bertz CT molecular complexity index is 172. The lowest BCUT2D eigenvalue weighted by Gasteiger charge is -2.11. The smallest absolute Gasteiger partial charge is 0.0269 e. The van der Waals surface area contributed by atoms with E-state index < -0.39 is 0 Å². The quantitative estimate of drug-likeness (QED) is 0.614. The molecule has 0 aromatic carbocycles. The standard InChI is InChI=1S/C9H14IN/c10-9(7-11)6-8-4-2-1-3-5-8/h1-2,4,9H,3,5-7,11H2. The minimum absolute atomic E-state index is 0.616. The molecule has 0 saturated carbocycles. The maximum absolute atomic E-state index is 5.54. The molecule has 1 rings (SSSR count).